The van der Waals surface area contributed by atoms with Crippen LogP contribution in [0, 0.1) is 13.8 Å². The molecule has 1 unspecified atom stereocenters. The Morgan fingerprint density at radius 1 is 1.14 bits per heavy atom. The highest BCUT2D eigenvalue weighted by Crippen LogP contribution is 2.48. The van der Waals surface area contributed by atoms with Gasteiger partial charge in [-0.05, 0) is 38.0 Å². The minimum atomic E-state index is -4.95. The van der Waals surface area contributed by atoms with Crippen LogP contribution in [0.3, 0.4) is 0 Å². The van der Waals surface area contributed by atoms with Crippen molar-refractivity contribution in [3.63, 3.8) is 0 Å². The van der Waals surface area contributed by atoms with Crippen molar-refractivity contribution in [2.45, 2.75) is 32.5 Å². The first kappa shape index (κ1) is 21.8. The molecule has 0 amide bonds. The number of hydrogen-bond donors (Lipinski definition) is 1. The third kappa shape index (κ3) is 4.14. The molecule has 7 heteroatoms. The number of hydrogen-bond acceptors (Lipinski definition) is 3. The normalized spacial score (nSPS) is 14.2. The van der Waals surface area contributed by atoms with Gasteiger partial charge in [0, 0.05) is 25.2 Å². The van der Waals surface area contributed by atoms with Crippen LogP contribution in [0.2, 0.25) is 0 Å². The smallest absolute Gasteiger partial charge is 0.425 e. The Kier molecular flexibility index (Phi) is 6.39. The molecule has 28 heavy (non-hydrogen) atoms. The van der Waals surface area contributed by atoms with E-state index in [9.17, 15) is 18.3 Å². The first-order valence-electron chi connectivity index (χ1n) is 8.84. The number of benzene rings is 2. The molecule has 0 radical (unpaired) electrons. The molecule has 0 bridgehead atoms. The standard InChI is InChI=1S/C21H25F3N2O2/c1-6-26(4)13-25-18-12-19(28-5)17(11-15(18)3)20(27,21(22,23)24)16-9-7-14(2)8-10-16/h7-13,27H,6H2,1-5H3. The number of rotatable bonds is 6. The first-order chi connectivity index (χ1) is 13.0. The number of methoxy groups -OCH3 is 1. The maximum atomic E-state index is 14.1. The second-order valence-corrected chi connectivity index (χ2v) is 6.73. The van der Waals surface area contributed by atoms with Crippen molar-refractivity contribution in [2.24, 2.45) is 4.99 Å². The molecule has 2 aromatic carbocycles. The lowest BCUT2D eigenvalue weighted by Gasteiger charge is -2.33. The van der Waals surface area contributed by atoms with Gasteiger partial charge in [0.2, 0.25) is 5.60 Å². The number of aryl methyl sites for hydroxylation is 2. The zero-order valence-corrected chi connectivity index (χ0v) is 16.6. The van der Waals surface area contributed by atoms with Crippen LogP contribution in [0.15, 0.2) is 41.4 Å². The van der Waals surface area contributed by atoms with E-state index < -0.39 is 11.8 Å². The van der Waals surface area contributed by atoms with Gasteiger partial charge >= 0.3 is 6.18 Å². The van der Waals surface area contributed by atoms with Crippen LogP contribution < -0.4 is 4.74 Å². The Morgan fingerprint density at radius 2 is 1.75 bits per heavy atom. The Labute approximate surface area is 163 Å². The largest absolute Gasteiger partial charge is 0.496 e. The van der Waals surface area contributed by atoms with E-state index >= 15 is 0 Å². The molecule has 2 aromatic rings. The fraction of sp³-hybridized carbons (Fsp3) is 0.381. The summed E-state index contributed by atoms with van der Waals surface area (Å²) in [5.74, 6) is -0.0858. The van der Waals surface area contributed by atoms with Gasteiger partial charge in [-0.25, -0.2) is 4.99 Å². The van der Waals surface area contributed by atoms with Gasteiger partial charge in [-0.15, -0.1) is 0 Å². The minimum Gasteiger partial charge on any atom is -0.496 e. The molecule has 0 fully saturated rings. The number of ether oxygens (including phenoxy) is 1. The molecule has 0 saturated heterocycles. The van der Waals surface area contributed by atoms with E-state index in [-0.39, 0.29) is 16.9 Å². The van der Waals surface area contributed by atoms with E-state index in [1.54, 1.807) is 20.2 Å². The quantitative estimate of drug-likeness (QED) is 0.570. The molecule has 0 aromatic heterocycles. The summed E-state index contributed by atoms with van der Waals surface area (Å²) in [7, 11) is 3.11. The van der Waals surface area contributed by atoms with Crippen LogP contribution >= 0.6 is 0 Å². The van der Waals surface area contributed by atoms with Gasteiger partial charge in [-0.1, -0.05) is 29.8 Å². The average molecular weight is 394 g/mol. The van der Waals surface area contributed by atoms with Gasteiger partial charge < -0.3 is 14.7 Å². The van der Waals surface area contributed by atoms with Gasteiger partial charge in [0.25, 0.3) is 0 Å². The highest BCUT2D eigenvalue weighted by molar-refractivity contribution is 5.66. The molecular weight excluding hydrogens is 369 g/mol. The molecule has 0 spiro atoms. The van der Waals surface area contributed by atoms with E-state index in [0.29, 0.717) is 11.3 Å². The Hall–Kier alpha value is -2.54. The van der Waals surface area contributed by atoms with Gasteiger partial charge in [-0.2, -0.15) is 13.2 Å². The number of halogens is 3. The summed E-state index contributed by atoms with van der Waals surface area (Å²) in [6.45, 7) is 6.10. The Morgan fingerprint density at radius 3 is 2.25 bits per heavy atom. The summed E-state index contributed by atoms with van der Waals surface area (Å²) in [5.41, 5.74) is -2.10. The Balaban J connectivity index is 2.69. The first-order valence-corrected chi connectivity index (χ1v) is 8.84. The molecule has 1 N–H and O–H groups in total. The molecule has 1 atom stereocenters. The molecule has 4 nitrogen and oxygen atoms in total. The topological polar surface area (TPSA) is 45.1 Å². The van der Waals surface area contributed by atoms with Crippen molar-refractivity contribution >= 4 is 12.0 Å². The predicted molar refractivity (Wildman–Crippen MR) is 104 cm³/mol. The van der Waals surface area contributed by atoms with Crippen LogP contribution in [0.25, 0.3) is 0 Å². The fourth-order valence-electron chi connectivity index (χ4n) is 2.78. The van der Waals surface area contributed by atoms with Crippen LogP contribution in [0.5, 0.6) is 5.75 Å². The third-order valence-electron chi connectivity index (χ3n) is 4.68. The van der Waals surface area contributed by atoms with Gasteiger partial charge in [0.1, 0.15) is 5.75 Å². The van der Waals surface area contributed by atoms with Gasteiger partial charge in [0.05, 0.1) is 19.1 Å². The van der Waals surface area contributed by atoms with E-state index in [0.717, 1.165) is 12.1 Å². The van der Waals surface area contributed by atoms with Crippen LogP contribution in [-0.4, -0.2) is 43.2 Å². The van der Waals surface area contributed by atoms with Crippen molar-refractivity contribution in [2.75, 3.05) is 20.7 Å². The van der Waals surface area contributed by atoms with Gasteiger partial charge in [-0.3, -0.25) is 0 Å². The summed E-state index contributed by atoms with van der Waals surface area (Å²) in [6, 6.07) is 8.31. The second-order valence-electron chi connectivity index (χ2n) is 6.73. The SMILES string of the molecule is CCN(C)C=Nc1cc(OC)c(C(O)(c2ccc(C)cc2)C(F)(F)F)cc1C. The predicted octanol–water partition coefficient (Wildman–Crippen LogP) is 4.72. The van der Waals surface area contributed by atoms with Gasteiger partial charge in [0.15, 0.2) is 0 Å². The second kappa shape index (κ2) is 8.22. The van der Waals surface area contributed by atoms with E-state index in [4.69, 9.17) is 4.74 Å². The summed E-state index contributed by atoms with van der Waals surface area (Å²) in [4.78, 5) is 6.14. The highest BCUT2D eigenvalue weighted by atomic mass is 19.4. The third-order valence-corrected chi connectivity index (χ3v) is 4.68. The Bertz CT molecular complexity index is 848. The van der Waals surface area contributed by atoms with E-state index in [2.05, 4.69) is 4.99 Å². The zero-order chi connectivity index (χ0) is 21.1. The van der Waals surface area contributed by atoms with E-state index in [1.807, 2.05) is 18.9 Å². The fourth-order valence-corrected chi connectivity index (χ4v) is 2.78. The van der Waals surface area contributed by atoms with E-state index in [1.165, 1.54) is 43.5 Å². The lowest BCUT2D eigenvalue weighted by atomic mass is 9.83. The van der Waals surface area contributed by atoms with Crippen molar-refractivity contribution in [1.29, 1.82) is 0 Å². The molecule has 0 aliphatic rings. The number of alkyl halides is 3. The zero-order valence-electron chi connectivity index (χ0n) is 16.6. The van der Waals surface area contributed by atoms with Crippen LogP contribution in [0.1, 0.15) is 29.2 Å². The number of aliphatic hydroxyl groups is 1. The lowest BCUT2D eigenvalue weighted by Crippen LogP contribution is -2.43. The summed E-state index contributed by atoms with van der Waals surface area (Å²) < 4.78 is 47.5. The molecule has 0 saturated carbocycles. The number of aliphatic imine (C=N–C) groups is 1. The molecule has 0 aliphatic carbocycles. The minimum absolute atomic E-state index is 0.0858. The summed E-state index contributed by atoms with van der Waals surface area (Å²) >= 11 is 0. The van der Waals surface area contributed by atoms with Crippen LogP contribution in [0.4, 0.5) is 18.9 Å². The molecule has 152 valence electrons. The molecule has 0 heterocycles. The summed E-state index contributed by atoms with van der Waals surface area (Å²) in [5, 5.41) is 10.9. The van der Waals surface area contributed by atoms with Crippen molar-refractivity contribution in [3.8, 4) is 5.75 Å². The summed E-state index contributed by atoms with van der Waals surface area (Å²) in [6.07, 6.45) is -3.35. The number of nitrogens with zero attached hydrogens (tertiary/aromatic N) is 2. The molecular formula is C21H25F3N2O2. The maximum absolute atomic E-state index is 14.1. The highest BCUT2D eigenvalue weighted by Gasteiger charge is 2.57. The van der Waals surface area contributed by atoms with Crippen molar-refractivity contribution in [3.05, 3.63) is 58.7 Å². The van der Waals surface area contributed by atoms with Crippen molar-refractivity contribution < 1.29 is 23.0 Å². The monoisotopic (exact) mass is 394 g/mol. The van der Waals surface area contributed by atoms with Crippen molar-refractivity contribution in [1.82, 2.24) is 4.90 Å². The lowest BCUT2D eigenvalue weighted by molar-refractivity contribution is -0.248. The molecule has 2 rings (SSSR count). The van der Waals surface area contributed by atoms with Crippen LogP contribution in [-0.2, 0) is 5.60 Å². The molecule has 0 aliphatic heterocycles. The maximum Gasteiger partial charge on any atom is 0.425 e. The average Bonchev–Trinajstić information content (AvgIpc) is 2.65.